The standard InChI is InChI=1S/C27H23N3O2/c31-27(30-26(22-10-3-1-4-11-22)23-12-5-2-6-13-23)29-17-7-8-19-32-24-16-15-21-14-9-18-28-25(21)20-24/h1-6,9-16,18,20,26H,17,19H2,(H2,29,30,31). The van der Waals surface area contributed by atoms with Gasteiger partial charge >= 0.3 is 6.03 Å². The molecule has 0 atom stereocenters. The zero-order chi connectivity index (χ0) is 22.0. The van der Waals surface area contributed by atoms with Gasteiger partial charge < -0.3 is 15.4 Å². The third-order valence-corrected chi connectivity index (χ3v) is 4.89. The van der Waals surface area contributed by atoms with Gasteiger partial charge in [0.15, 0.2) is 0 Å². The van der Waals surface area contributed by atoms with Gasteiger partial charge in [0.05, 0.1) is 18.1 Å². The summed E-state index contributed by atoms with van der Waals surface area (Å²) in [4.78, 5) is 16.8. The predicted octanol–water partition coefficient (Wildman–Crippen LogP) is 4.71. The molecule has 1 aromatic heterocycles. The number of ether oxygens (including phenoxy) is 1. The third kappa shape index (κ3) is 5.65. The Balaban J connectivity index is 1.28. The normalized spacial score (nSPS) is 10.3. The van der Waals surface area contributed by atoms with Crippen molar-refractivity contribution in [2.75, 3.05) is 13.2 Å². The van der Waals surface area contributed by atoms with E-state index in [0.29, 0.717) is 5.75 Å². The number of amides is 2. The fourth-order valence-electron chi connectivity index (χ4n) is 3.33. The topological polar surface area (TPSA) is 63.2 Å². The Morgan fingerprint density at radius 1 is 0.875 bits per heavy atom. The zero-order valence-corrected chi connectivity index (χ0v) is 17.5. The van der Waals surface area contributed by atoms with Crippen molar-refractivity contribution >= 4 is 16.9 Å². The van der Waals surface area contributed by atoms with Gasteiger partial charge in [-0.2, -0.15) is 0 Å². The van der Waals surface area contributed by atoms with Crippen molar-refractivity contribution in [3.63, 3.8) is 0 Å². The molecule has 0 aliphatic rings. The second-order valence-corrected chi connectivity index (χ2v) is 7.08. The van der Waals surface area contributed by atoms with Crippen LogP contribution < -0.4 is 15.4 Å². The molecule has 3 aromatic carbocycles. The van der Waals surface area contributed by atoms with E-state index in [1.165, 1.54) is 0 Å². The van der Waals surface area contributed by atoms with Crippen LogP contribution in [-0.4, -0.2) is 24.2 Å². The number of nitrogens with one attached hydrogen (secondary N) is 2. The lowest BCUT2D eigenvalue weighted by Gasteiger charge is -2.19. The summed E-state index contributed by atoms with van der Waals surface area (Å²) in [6.45, 7) is 0.461. The van der Waals surface area contributed by atoms with Crippen LogP contribution in [0.4, 0.5) is 4.79 Å². The molecule has 1 heterocycles. The second-order valence-electron chi connectivity index (χ2n) is 7.08. The van der Waals surface area contributed by atoms with E-state index in [-0.39, 0.29) is 25.2 Å². The van der Waals surface area contributed by atoms with Crippen molar-refractivity contribution in [3.05, 3.63) is 108 Å². The molecule has 5 heteroatoms. The van der Waals surface area contributed by atoms with E-state index in [4.69, 9.17) is 4.74 Å². The molecule has 158 valence electrons. The molecule has 0 bridgehead atoms. The molecule has 0 spiro atoms. The van der Waals surface area contributed by atoms with Gasteiger partial charge in [0.2, 0.25) is 0 Å². The number of urea groups is 1. The first-order valence-electron chi connectivity index (χ1n) is 10.4. The minimum absolute atomic E-state index is 0.227. The largest absolute Gasteiger partial charge is 0.481 e. The van der Waals surface area contributed by atoms with Crippen LogP contribution in [0.1, 0.15) is 17.2 Å². The first-order chi connectivity index (χ1) is 15.8. The maximum atomic E-state index is 12.5. The molecular weight excluding hydrogens is 398 g/mol. The molecule has 0 saturated heterocycles. The molecule has 0 aliphatic carbocycles. The van der Waals surface area contributed by atoms with E-state index in [0.717, 1.165) is 22.0 Å². The minimum Gasteiger partial charge on any atom is -0.481 e. The average molecular weight is 422 g/mol. The Morgan fingerprint density at radius 2 is 1.59 bits per heavy atom. The van der Waals surface area contributed by atoms with Crippen LogP contribution in [-0.2, 0) is 0 Å². The summed E-state index contributed by atoms with van der Waals surface area (Å²) >= 11 is 0. The summed E-state index contributed by atoms with van der Waals surface area (Å²) in [5.74, 6) is 6.55. The first kappa shape index (κ1) is 21.0. The molecule has 4 aromatic rings. The molecule has 0 fully saturated rings. The van der Waals surface area contributed by atoms with Crippen LogP contribution in [0.2, 0.25) is 0 Å². The van der Waals surface area contributed by atoms with E-state index in [1.807, 2.05) is 91.0 Å². The quantitative estimate of drug-likeness (QED) is 0.444. The van der Waals surface area contributed by atoms with Crippen molar-refractivity contribution in [1.82, 2.24) is 15.6 Å². The van der Waals surface area contributed by atoms with Gasteiger partial charge in [-0.25, -0.2) is 4.79 Å². The molecule has 5 nitrogen and oxygen atoms in total. The summed E-state index contributed by atoms with van der Waals surface area (Å²) in [5, 5.41) is 6.87. The van der Waals surface area contributed by atoms with Crippen LogP contribution >= 0.6 is 0 Å². The first-order valence-corrected chi connectivity index (χ1v) is 10.4. The monoisotopic (exact) mass is 421 g/mol. The second kappa shape index (κ2) is 10.6. The predicted molar refractivity (Wildman–Crippen MR) is 126 cm³/mol. The van der Waals surface area contributed by atoms with Crippen molar-refractivity contribution in [2.45, 2.75) is 6.04 Å². The van der Waals surface area contributed by atoms with Gasteiger partial charge in [-0.1, -0.05) is 78.6 Å². The van der Waals surface area contributed by atoms with Crippen molar-refractivity contribution in [2.24, 2.45) is 0 Å². The molecule has 0 aliphatic heterocycles. The maximum absolute atomic E-state index is 12.5. The minimum atomic E-state index is -0.279. The van der Waals surface area contributed by atoms with Gasteiger partial charge in [0, 0.05) is 17.6 Å². The molecule has 2 amide bonds. The van der Waals surface area contributed by atoms with E-state index in [1.54, 1.807) is 6.20 Å². The number of hydrogen-bond acceptors (Lipinski definition) is 3. The Labute approximate surface area is 187 Å². The van der Waals surface area contributed by atoms with Gasteiger partial charge in [0.25, 0.3) is 0 Å². The number of rotatable bonds is 6. The molecule has 0 saturated carbocycles. The maximum Gasteiger partial charge on any atom is 0.316 e. The summed E-state index contributed by atoms with van der Waals surface area (Å²) < 4.78 is 5.66. The van der Waals surface area contributed by atoms with Gasteiger partial charge in [-0.15, -0.1) is 0 Å². The highest BCUT2D eigenvalue weighted by molar-refractivity contribution is 5.79. The number of fused-ring (bicyclic) bond motifs is 1. The number of benzene rings is 3. The molecule has 0 unspecified atom stereocenters. The Morgan fingerprint density at radius 3 is 2.31 bits per heavy atom. The summed E-state index contributed by atoms with van der Waals surface area (Å²) in [5.41, 5.74) is 2.90. The highest BCUT2D eigenvalue weighted by Gasteiger charge is 2.15. The van der Waals surface area contributed by atoms with E-state index < -0.39 is 0 Å². The molecule has 0 radical (unpaired) electrons. The highest BCUT2D eigenvalue weighted by Crippen LogP contribution is 2.21. The van der Waals surface area contributed by atoms with Crippen molar-refractivity contribution in [3.8, 4) is 17.6 Å². The lowest BCUT2D eigenvalue weighted by molar-refractivity contribution is 0.240. The molecule has 2 N–H and O–H groups in total. The highest BCUT2D eigenvalue weighted by atomic mass is 16.5. The molecule has 4 rings (SSSR count). The Hall–Kier alpha value is -4.30. The average Bonchev–Trinajstić information content (AvgIpc) is 2.85. The molecule has 32 heavy (non-hydrogen) atoms. The van der Waals surface area contributed by atoms with E-state index in [2.05, 4.69) is 27.5 Å². The lowest BCUT2D eigenvalue weighted by atomic mass is 9.99. The van der Waals surface area contributed by atoms with Crippen LogP contribution in [0.25, 0.3) is 10.9 Å². The van der Waals surface area contributed by atoms with Crippen LogP contribution in [0, 0.1) is 11.8 Å². The number of hydrogen-bond donors (Lipinski definition) is 2. The number of aromatic nitrogens is 1. The van der Waals surface area contributed by atoms with E-state index in [9.17, 15) is 4.79 Å². The fraction of sp³-hybridized carbons (Fsp3) is 0.111. The van der Waals surface area contributed by atoms with Gasteiger partial charge in [-0.3, -0.25) is 4.98 Å². The smallest absolute Gasteiger partial charge is 0.316 e. The van der Waals surface area contributed by atoms with Crippen LogP contribution in [0.3, 0.4) is 0 Å². The number of carbonyl (C=O) groups is 1. The lowest BCUT2D eigenvalue weighted by Crippen LogP contribution is -2.38. The summed E-state index contributed by atoms with van der Waals surface area (Å²) in [6.07, 6.45) is 1.75. The summed E-state index contributed by atoms with van der Waals surface area (Å²) in [7, 11) is 0. The third-order valence-electron chi connectivity index (χ3n) is 4.89. The van der Waals surface area contributed by atoms with Gasteiger partial charge in [0.1, 0.15) is 12.4 Å². The fourth-order valence-corrected chi connectivity index (χ4v) is 3.33. The van der Waals surface area contributed by atoms with Crippen molar-refractivity contribution in [1.29, 1.82) is 0 Å². The number of nitrogens with zero attached hydrogens (tertiary/aromatic N) is 1. The Bertz CT molecular complexity index is 1190. The Kier molecular flexibility index (Phi) is 6.97. The van der Waals surface area contributed by atoms with Crippen molar-refractivity contribution < 1.29 is 9.53 Å². The van der Waals surface area contributed by atoms with Crippen LogP contribution in [0.5, 0.6) is 5.75 Å². The number of pyridine rings is 1. The SMILES string of the molecule is O=C(NCC#CCOc1ccc2cccnc2c1)NC(c1ccccc1)c1ccccc1. The van der Waals surface area contributed by atoms with Gasteiger partial charge in [-0.05, 0) is 29.3 Å². The van der Waals surface area contributed by atoms with Crippen LogP contribution in [0.15, 0.2) is 97.2 Å². The van der Waals surface area contributed by atoms with E-state index >= 15 is 0 Å². The number of carbonyl (C=O) groups excluding carboxylic acids is 1. The summed E-state index contributed by atoms with van der Waals surface area (Å²) in [6, 6.07) is 28.9. The molecular formula is C27H23N3O2. The zero-order valence-electron chi connectivity index (χ0n) is 17.5.